The van der Waals surface area contributed by atoms with Gasteiger partial charge in [0.15, 0.2) is 0 Å². The summed E-state index contributed by atoms with van der Waals surface area (Å²) in [6.07, 6.45) is 2.60. The highest BCUT2D eigenvalue weighted by atomic mass is 19.1. The number of fused-ring (bicyclic) bond motifs is 1. The molecule has 0 unspecified atom stereocenters. The molecule has 1 aliphatic carbocycles. The summed E-state index contributed by atoms with van der Waals surface area (Å²) in [4.78, 5) is 31.3. The number of anilines is 1. The Labute approximate surface area is 167 Å². The summed E-state index contributed by atoms with van der Waals surface area (Å²) in [7, 11) is 0. The number of carboxylic acid groups (broad SMARTS) is 1. The lowest BCUT2D eigenvalue weighted by molar-refractivity contribution is -0.143. The number of aliphatic carboxylic acids is 1. The van der Waals surface area contributed by atoms with Gasteiger partial charge in [-0.2, -0.15) is 0 Å². The highest BCUT2D eigenvalue weighted by Gasteiger charge is 2.29. The van der Waals surface area contributed by atoms with Crippen molar-refractivity contribution in [3.63, 3.8) is 0 Å². The van der Waals surface area contributed by atoms with Crippen molar-refractivity contribution < 1.29 is 19.1 Å². The van der Waals surface area contributed by atoms with Crippen molar-refractivity contribution in [2.75, 3.05) is 5.32 Å². The van der Waals surface area contributed by atoms with E-state index in [1.807, 2.05) is 12.1 Å². The summed E-state index contributed by atoms with van der Waals surface area (Å²) in [6, 6.07) is 12.0. The van der Waals surface area contributed by atoms with Gasteiger partial charge in [0, 0.05) is 18.0 Å². The first-order valence-corrected chi connectivity index (χ1v) is 9.75. The molecule has 0 spiro atoms. The third-order valence-electron chi connectivity index (χ3n) is 5.56. The van der Waals surface area contributed by atoms with Gasteiger partial charge in [-0.25, -0.2) is 9.37 Å². The van der Waals surface area contributed by atoms with Crippen molar-refractivity contribution in [2.45, 2.75) is 32.1 Å². The van der Waals surface area contributed by atoms with Gasteiger partial charge < -0.3 is 15.4 Å². The van der Waals surface area contributed by atoms with E-state index in [1.54, 1.807) is 24.3 Å². The standard InChI is InChI=1S/C22H22FN3O3/c23-17-4-2-1-3-15(17)11-20-25-18-10-9-16(12-19(18)26-20)24-21(27)13-5-7-14(8-6-13)22(28)29/h1-4,9-10,12-14H,5-8,11H2,(H,24,27)(H,25,26)(H,28,29). The summed E-state index contributed by atoms with van der Waals surface area (Å²) < 4.78 is 13.9. The minimum Gasteiger partial charge on any atom is -0.481 e. The Balaban J connectivity index is 1.43. The predicted octanol–water partition coefficient (Wildman–Crippen LogP) is 4.12. The molecule has 3 N–H and O–H groups in total. The van der Waals surface area contributed by atoms with Gasteiger partial charge in [-0.3, -0.25) is 9.59 Å². The number of carbonyl (C=O) groups excluding carboxylic acids is 1. The summed E-state index contributed by atoms with van der Waals surface area (Å²) in [5.41, 5.74) is 2.74. The molecule has 0 bridgehead atoms. The number of aromatic amines is 1. The fraction of sp³-hybridized carbons (Fsp3) is 0.318. The highest BCUT2D eigenvalue weighted by Crippen LogP contribution is 2.30. The van der Waals surface area contributed by atoms with E-state index in [0.717, 1.165) is 11.0 Å². The van der Waals surface area contributed by atoms with Crippen LogP contribution in [0, 0.1) is 17.7 Å². The Morgan fingerprint density at radius 2 is 1.83 bits per heavy atom. The molecule has 0 aliphatic heterocycles. The number of carbonyl (C=O) groups is 2. The van der Waals surface area contributed by atoms with E-state index in [4.69, 9.17) is 5.11 Å². The maximum absolute atomic E-state index is 13.9. The minimum absolute atomic E-state index is 0.0840. The molecular weight excluding hydrogens is 373 g/mol. The van der Waals surface area contributed by atoms with Crippen molar-refractivity contribution in [3.8, 4) is 0 Å². The van der Waals surface area contributed by atoms with E-state index < -0.39 is 5.97 Å². The Morgan fingerprint density at radius 3 is 2.55 bits per heavy atom. The molecule has 1 aliphatic rings. The second kappa shape index (κ2) is 8.03. The van der Waals surface area contributed by atoms with E-state index >= 15 is 0 Å². The second-order valence-corrected chi connectivity index (χ2v) is 7.56. The SMILES string of the molecule is O=C(O)C1CCC(C(=O)Nc2ccc3nc(Cc4ccccc4F)[nH]c3c2)CC1. The van der Waals surface area contributed by atoms with Crippen LogP contribution in [0.2, 0.25) is 0 Å². The molecule has 6 nitrogen and oxygen atoms in total. The molecule has 1 aromatic heterocycles. The summed E-state index contributed by atoms with van der Waals surface area (Å²) >= 11 is 0. The molecule has 1 amide bonds. The first kappa shape index (κ1) is 19.1. The molecule has 2 aromatic carbocycles. The monoisotopic (exact) mass is 395 g/mol. The van der Waals surface area contributed by atoms with Crippen LogP contribution >= 0.6 is 0 Å². The van der Waals surface area contributed by atoms with Gasteiger partial charge in [-0.05, 0) is 55.5 Å². The Bertz CT molecular complexity index is 1050. The third kappa shape index (κ3) is 4.29. The van der Waals surface area contributed by atoms with E-state index in [1.165, 1.54) is 6.07 Å². The lowest BCUT2D eigenvalue weighted by Gasteiger charge is -2.25. The third-order valence-corrected chi connectivity index (χ3v) is 5.56. The first-order valence-electron chi connectivity index (χ1n) is 9.75. The molecule has 1 fully saturated rings. The van der Waals surface area contributed by atoms with Gasteiger partial charge in [0.25, 0.3) is 0 Å². The quantitative estimate of drug-likeness (QED) is 0.606. The van der Waals surface area contributed by atoms with Gasteiger partial charge in [0.1, 0.15) is 11.6 Å². The minimum atomic E-state index is -0.778. The number of benzene rings is 2. The zero-order valence-corrected chi connectivity index (χ0v) is 15.8. The molecule has 150 valence electrons. The van der Waals surface area contributed by atoms with Crippen molar-refractivity contribution in [3.05, 3.63) is 59.7 Å². The van der Waals surface area contributed by atoms with Crippen LogP contribution in [0.1, 0.15) is 37.1 Å². The van der Waals surface area contributed by atoms with Crippen molar-refractivity contribution in [1.82, 2.24) is 9.97 Å². The Hall–Kier alpha value is -3.22. The van der Waals surface area contributed by atoms with E-state index in [-0.39, 0.29) is 23.6 Å². The number of nitrogens with one attached hydrogen (secondary N) is 2. The van der Waals surface area contributed by atoms with Crippen LogP contribution < -0.4 is 5.32 Å². The fourth-order valence-electron chi connectivity index (χ4n) is 3.89. The largest absolute Gasteiger partial charge is 0.481 e. The number of H-pyrrole nitrogens is 1. The molecule has 0 atom stereocenters. The van der Waals surface area contributed by atoms with Gasteiger partial charge >= 0.3 is 5.97 Å². The number of halogens is 1. The number of aromatic nitrogens is 2. The maximum atomic E-state index is 13.9. The normalized spacial score (nSPS) is 19.2. The fourth-order valence-corrected chi connectivity index (χ4v) is 3.89. The second-order valence-electron chi connectivity index (χ2n) is 7.56. The Morgan fingerprint density at radius 1 is 1.10 bits per heavy atom. The molecule has 0 saturated heterocycles. The Kier molecular flexibility index (Phi) is 5.29. The smallest absolute Gasteiger partial charge is 0.306 e. The molecular formula is C22H22FN3O3. The van der Waals surface area contributed by atoms with E-state index in [0.29, 0.717) is 49.2 Å². The number of rotatable bonds is 5. The summed E-state index contributed by atoms with van der Waals surface area (Å²) in [5, 5.41) is 12.0. The van der Waals surface area contributed by atoms with Gasteiger partial charge in [0.2, 0.25) is 5.91 Å². The zero-order chi connectivity index (χ0) is 20.4. The van der Waals surface area contributed by atoms with Crippen LogP contribution in [-0.4, -0.2) is 27.0 Å². The van der Waals surface area contributed by atoms with E-state index in [2.05, 4.69) is 15.3 Å². The lowest BCUT2D eigenvalue weighted by atomic mass is 9.81. The van der Waals surface area contributed by atoms with Crippen LogP contribution in [0.25, 0.3) is 11.0 Å². The van der Waals surface area contributed by atoms with Crippen LogP contribution in [0.15, 0.2) is 42.5 Å². The molecule has 4 rings (SSSR count). The van der Waals surface area contributed by atoms with Crippen molar-refractivity contribution in [2.24, 2.45) is 11.8 Å². The predicted molar refractivity (Wildman–Crippen MR) is 107 cm³/mol. The number of carboxylic acids is 1. The molecule has 1 heterocycles. The first-order chi connectivity index (χ1) is 14.0. The number of nitrogens with zero attached hydrogens (tertiary/aromatic N) is 1. The number of imidazole rings is 1. The van der Waals surface area contributed by atoms with Gasteiger partial charge in [-0.15, -0.1) is 0 Å². The van der Waals surface area contributed by atoms with Crippen molar-refractivity contribution in [1.29, 1.82) is 0 Å². The van der Waals surface area contributed by atoms with Gasteiger partial charge in [-0.1, -0.05) is 18.2 Å². The van der Waals surface area contributed by atoms with Gasteiger partial charge in [0.05, 0.1) is 17.0 Å². The zero-order valence-electron chi connectivity index (χ0n) is 15.8. The molecule has 0 radical (unpaired) electrons. The highest BCUT2D eigenvalue weighted by molar-refractivity contribution is 5.94. The molecule has 7 heteroatoms. The summed E-state index contributed by atoms with van der Waals surface area (Å²) in [6.45, 7) is 0. The lowest BCUT2D eigenvalue weighted by Crippen LogP contribution is -2.29. The van der Waals surface area contributed by atoms with Crippen molar-refractivity contribution >= 4 is 28.6 Å². The number of amides is 1. The summed E-state index contributed by atoms with van der Waals surface area (Å²) in [5.74, 6) is -0.980. The van der Waals surface area contributed by atoms with Crippen LogP contribution in [0.5, 0.6) is 0 Å². The number of hydrogen-bond acceptors (Lipinski definition) is 3. The topological polar surface area (TPSA) is 95.1 Å². The van der Waals surface area contributed by atoms with Crippen LogP contribution in [0.3, 0.4) is 0 Å². The van der Waals surface area contributed by atoms with Crippen LogP contribution in [-0.2, 0) is 16.0 Å². The molecule has 3 aromatic rings. The average molecular weight is 395 g/mol. The number of hydrogen-bond donors (Lipinski definition) is 3. The molecule has 29 heavy (non-hydrogen) atoms. The van der Waals surface area contributed by atoms with Crippen LogP contribution in [0.4, 0.5) is 10.1 Å². The molecule has 1 saturated carbocycles. The van der Waals surface area contributed by atoms with E-state index in [9.17, 15) is 14.0 Å². The average Bonchev–Trinajstić information content (AvgIpc) is 3.11. The maximum Gasteiger partial charge on any atom is 0.306 e.